The summed E-state index contributed by atoms with van der Waals surface area (Å²) in [4.78, 5) is 48.4. The van der Waals surface area contributed by atoms with Gasteiger partial charge in [0.05, 0.1) is 36.7 Å². The second kappa shape index (κ2) is 12.2. The number of aliphatic hydroxyl groups excluding tert-OH is 1. The Hall–Kier alpha value is -3.17. The van der Waals surface area contributed by atoms with Gasteiger partial charge in [0.2, 0.25) is 17.7 Å². The molecule has 0 radical (unpaired) electrons. The van der Waals surface area contributed by atoms with E-state index in [4.69, 9.17) is 9.47 Å². The third-order valence-electron chi connectivity index (χ3n) is 9.30. The standard InChI is InChI=1S/C33H47N3O6/c1-9-18-34(22(6)7)31(40)28-33-17-16-32(8,42-33)26(27(33)30(39)36(28)25(20-37)21(4)5)29(38)35(19-10-2)23-12-14-24(15-13-23)41-11-3/h9-10,12-15,21-22,25-28,37H,1-2,11,16-20H2,3-8H3/t25-,26-,27-,28?,32+,33?/m0/s1. The molecule has 0 aliphatic carbocycles. The van der Waals surface area contributed by atoms with E-state index in [0.717, 1.165) is 0 Å². The van der Waals surface area contributed by atoms with Gasteiger partial charge in [-0.1, -0.05) is 26.0 Å². The van der Waals surface area contributed by atoms with Gasteiger partial charge in [-0.2, -0.15) is 0 Å². The summed E-state index contributed by atoms with van der Waals surface area (Å²) in [6, 6.07) is 5.56. The number of fused-ring (bicyclic) bond motifs is 1. The molecule has 3 aliphatic heterocycles. The first kappa shape index (κ1) is 31.8. The molecule has 3 fully saturated rings. The zero-order valence-electron chi connectivity index (χ0n) is 25.9. The van der Waals surface area contributed by atoms with Crippen molar-refractivity contribution in [2.45, 2.75) is 83.7 Å². The number of ether oxygens (including phenoxy) is 2. The highest BCUT2D eigenvalue weighted by Crippen LogP contribution is 2.64. The van der Waals surface area contributed by atoms with Crippen molar-refractivity contribution in [1.82, 2.24) is 9.80 Å². The lowest BCUT2D eigenvalue weighted by Crippen LogP contribution is -2.60. The van der Waals surface area contributed by atoms with Crippen molar-refractivity contribution < 1.29 is 29.0 Å². The second-order valence-electron chi connectivity index (χ2n) is 12.5. The quantitative estimate of drug-likeness (QED) is 0.356. The Balaban J connectivity index is 1.82. The summed E-state index contributed by atoms with van der Waals surface area (Å²) in [5.41, 5.74) is -1.45. The molecule has 4 rings (SSSR count). The number of rotatable bonds is 13. The van der Waals surface area contributed by atoms with Crippen LogP contribution >= 0.6 is 0 Å². The van der Waals surface area contributed by atoms with Gasteiger partial charge >= 0.3 is 0 Å². The fourth-order valence-corrected chi connectivity index (χ4v) is 7.36. The van der Waals surface area contributed by atoms with Crippen LogP contribution in [0, 0.1) is 17.8 Å². The smallest absolute Gasteiger partial charge is 0.248 e. The number of hydrogen-bond acceptors (Lipinski definition) is 6. The van der Waals surface area contributed by atoms with E-state index in [-0.39, 0.29) is 42.8 Å². The Morgan fingerprint density at radius 3 is 2.29 bits per heavy atom. The minimum atomic E-state index is -1.18. The van der Waals surface area contributed by atoms with Crippen LogP contribution < -0.4 is 9.64 Å². The molecule has 6 atom stereocenters. The number of nitrogens with zero attached hydrogens (tertiary/aromatic N) is 3. The fourth-order valence-electron chi connectivity index (χ4n) is 7.36. The molecule has 3 amide bonds. The molecule has 230 valence electrons. The largest absolute Gasteiger partial charge is 0.494 e. The minimum Gasteiger partial charge on any atom is -0.494 e. The van der Waals surface area contributed by atoms with Crippen LogP contribution in [0.15, 0.2) is 49.6 Å². The van der Waals surface area contributed by atoms with Crippen molar-refractivity contribution in [2.75, 3.05) is 31.2 Å². The molecule has 3 heterocycles. The second-order valence-corrected chi connectivity index (χ2v) is 12.5. The van der Waals surface area contributed by atoms with E-state index < -0.39 is 35.1 Å². The number of anilines is 1. The molecule has 2 unspecified atom stereocenters. The first-order chi connectivity index (χ1) is 19.9. The average molecular weight is 582 g/mol. The van der Waals surface area contributed by atoms with E-state index in [1.807, 2.05) is 65.8 Å². The van der Waals surface area contributed by atoms with Crippen LogP contribution in [0.1, 0.15) is 54.4 Å². The molecule has 3 aliphatic rings. The summed E-state index contributed by atoms with van der Waals surface area (Å²) in [6.07, 6.45) is 4.33. The first-order valence-electron chi connectivity index (χ1n) is 15.1. The van der Waals surface area contributed by atoms with Crippen molar-refractivity contribution in [1.29, 1.82) is 0 Å². The fraction of sp³-hybridized carbons (Fsp3) is 0.606. The predicted molar refractivity (Wildman–Crippen MR) is 162 cm³/mol. The molecule has 2 bridgehead atoms. The molecular weight excluding hydrogens is 534 g/mol. The van der Waals surface area contributed by atoms with Gasteiger partial charge in [0.25, 0.3) is 0 Å². The maximum atomic E-state index is 14.6. The Morgan fingerprint density at radius 2 is 1.76 bits per heavy atom. The van der Waals surface area contributed by atoms with Gasteiger partial charge in [0.1, 0.15) is 17.4 Å². The number of hydrogen-bond donors (Lipinski definition) is 1. The lowest BCUT2D eigenvalue weighted by atomic mass is 9.66. The predicted octanol–water partition coefficient (Wildman–Crippen LogP) is 3.81. The Bertz CT molecular complexity index is 1200. The molecular formula is C33H47N3O6. The molecule has 1 N–H and O–H groups in total. The molecule has 9 heteroatoms. The minimum absolute atomic E-state index is 0.126. The van der Waals surface area contributed by atoms with E-state index in [1.54, 1.807) is 26.9 Å². The van der Waals surface area contributed by atoms with E-state index >= 15 is 0 Å². The van der Waals surface area contributed by atoms with Crippen molar-refractivity contribution in [2.24, 2.45) is 17.8 Å². The number of carbonyl (C=O) groups is 3. The molecule has 0 aromatic heterocycles. The van der Waals surface area contributed by atoms with E-state index in [0.29, 0.717) is 37.4 Å². The number of benzene rings is 1. The summed E-state index contributed by atoms with van der Waals surface area (Å²) < 4.78 is 12.4. The highest BCUT2D eigenvalue weighted by Gasteiger charge is 2.79. The maximum Gasteiger partial charge on any atom is 0.248 e. The number of likely N-dealkylation sites (tertiary alicyclic amines) is 1. The summed E-state index contributed by atoms with van der Waals surface area (Å²) in [5, 5.41) is 10.5. The van der Waals surface area contributed by atoms with Crippen LogP contribution in [0.2, 0.25) is 0 Å². The molecule has 1 aromatic carbocycles. The zero-order valence-corrected chi connectivity index (χ0v) is 25.9. The van der Waals surface area contributed by atoms with Crippen molar-refractivity contribution >= 4 is 23.4 Å². The normalized spacial score (nSPS) is 28.6. The van der Waals surface area contributed by atoms with Crippen LogP contribution in [-0.4, -0.2) is 88.3 Å². The van der Waals surface area contributed by atoms with Crippen molar-refractivity contribution in [3.05, 3.63) is 49.6 Å². The molecule has 9 nitrogen and oxygen atoms in total. The van der Waals surface area contributed by atoms with Crippen LogP contribution in [-0.2, 0) is 19.1 Å². The van der Waals surface area contributed by atoms with Gasteiger partial charge in [0, 0.05) is 24.8 Å². The van der Waals surface area contributed by atoms with Crippen LogP contribution in [0.5, 0.6) is 5.75 Å². The first-order valence-corrected chi connectivity index (χ1v) is 15.1. The van der Waals surface area contributed by atoms with E-state index in [9.17, 15) is 19.5 Å². The van der Waals surface area contributed by atoms with Crippen molar-refractivity contribution in [3.8, 4) is 5.75 Å². The summed E-state index contributed by atoms with van der Waals surface area (Å²) in [7, 11) is 0. The van der Waals surface area contributed by atoms with Gasteiger partial charge in [-0.15, -0.1) is 13.2 Å². The summed E-state index contributed by atoms with van der Waals surface area (Å²) in [6.45, 7) is 20.0. The van der Waals surface area contributed by atoms with Gasteiger partial charge < -0.3 is 29.3 Å². The summed E-state index contributed by atoms with van der Waals surface area (Å²) >= 11 is 0. The molecule has 0 saturated carbocycles. The third kappa shape index (κ3) is 5.04. The van der Waals surface area contributed by atoms with Crippen LogP contribution in [0.25, 0.3) is 0 Å². The van der Waals surface area contributed by atoms with Crippen LogP contribution in [0.3, 0.4) is 0 Å². The maximum absolute atomic E-state index is 14.6. The van der Waals surface area contributed by atoms with Gasteiger partial charge in [-0.05, 0) is 70.7 Å². The molecule has 42 heavy (non-hydrogen) atoms. The van der Waals surface area contributed by atoms with E-state index in [2.05, 4.69) is 13.2 Å². The van der Waals surface area contributed by atoms with Crippen molar-refractivity contribution in [3.63, 3.8) is 0 Å². The molecule has 1 aromatic rings. The highest BCUT2D eigenvalue weighted by molar-refractivity contribution is 6.03. The van der Waals surface area contributed by atoms with Gasteiger partial charge in [-0.3, -0.25) is 14.4 Å². The highest BCUT2D eigenvalue weighted by atomic mass is 16.5. The zero-order chi connectivity index (χ0) is 31.0. The van der Waals surface area contributed by atoms with Gasteiger partial charge in [-0.25, -0.2) is 0 Å². The molecule has 1 spiro atoms. The van der Waals surface area contributed by atoms with Crippen LogP contribution in [0.4, 0.5) is 5.69 Å². The lowest BCUT2D eigenvalue weighted by Gasteiger charge is -2.41. The lowest BCUT2D eigenvalue weighted by molar-refractivity contribution is -0.156. The number of aliphatic hydroxyl groups is 1. The SMILES string of the molecule is C=CCN(C(=O)[C@@H]1[C@H]2C(=O)N([C@@H](CO)C(C)C)C(C(=O)N(CC=C)C(C)C)C23CC[C@@]1(C)O3)c1ccc(OCC)cc1. The topological polar surface area (TPSA) is 99.6 Å². The average Bonchev–Trinajstić information content (AvgIpc) is 3.51. The molecule has 3 saturated heterocycles. The Labute approximate surface area is 250 Å². The monoisotopic (exact) mass is 581 g/mol. The van der Waals surface area contributed by atoms with Gasteiger partial charge in [0.15, 0.2) is 0 Å². The summed E-state index contributed by atoms with van der Waals surface area (Å²) in [5.74, 6) is -1.91. The Kier molecular flexibility index (Phi) is 9.23. The number of amides is 3. The van der Waals surface area contributed by atoms with E-state index in [1.165, 1.54) is 0 Å². The Morgan fingerprint density at radius 1 is 1.12 bits per heavy atom. The number of carbonyl (C=O) groups excluding carboxylic acids is 3. The third-order valence-corrected chi connectivity index (χ3v) is 9.30.